The summed E-state index contributed by atoms with van der Waals surface area (Å²) >= 11 is 0. The molecule has 0 unspecified atom stereocenters. The van der Waals surface area contributed by atoms with E-state index in [-0.39, 0.29) is 12.1 Å². The first kappa shape index (κ1) is 22.0. The predicted octanol–water partition coefficient (Wildman–Crippen LogP) is 1.65. The Morgan fingerprint density at radius 1 is 1.00 bits per heavy atom. The highest BCUT2D eigenvalue weighted by Crippen LogP contribution is 2.30. The summed E-state index contributed by atoms with van der Waals surface area (Å²) in [6, 6.07) is 7.94. The van der Waals surface area contributed by atoms with Crippen LogP contribution in [0.25, 0.3) is 0 Å². The Bertz CT molecular complexity index is 1020. The summed E-state index contributed by atoms with van der Waals surface area (Å²) in [7, 11) is 1.66. The molecule has 2 saturated heterocycles. The lowest BCUT2D eigenvalue weighted by molar-refractivity contribution is 0.0983. The summed E-state index contributed by atoms with van der Waals surface area (Å²) in [4.78, 5) is 42.5. The van der Waals surface area contributed by atoms with Gasteiger partial charge in [0.05, 0.1) is 19.4 Å². The number of methoxy groups -OCH3 is 1. The van der Waals surface area contributed by atoms with E-state index in [1.54, 1.807) is 18.9 Å². The van der Waals surface area contributed by atoms with Crippen LogP contribution in [0.3, 0.4) is 0 Å². The highest BCUT2D eigenvalue weighted by molar-refractivity contribution is 5.76. The van der Waals surface area contributed by atoms with Crippen LogP contribution in [0.15, 0.2) is 33.9 Å². The molecule has 0 aromatic heterocycles. The van der Waals surface area contributed by atoms with E-state index in [4.69, 9.17) is 9.47 Å². The highest BCUT2D eigenvalue weighted by Gasteiger charge is 2.31. The smallest absolute Gasteiger partial charge is 0.409 e. The fourth-order valence-electron chi connectivity index (χ4n) is 4.50. The average Bonchev–Trinajstić information content (AvgIpc) is 2.84. The van der Waals surface area contributed by atoms with Crippen molar-refractivity contribution in [3.05, 3.63) is 44.7 Å². The molecule has 172 valence electrons. The zero-order valence-electron chi connectivity index (χ0n) is 18.6. The number of rotatable bonds is 6. The molecule has 9 heteroatoms. The van der Waals surface area contributed by atoms with Gasteiger partial charge in [-0.2, -0.15) is 0 Å². The van der Waals surface area contributed by atoms with E-state index in [1.165, 1.54) is 0 Å². The van der Waals surface area contributed by atoms with Crippen LogP contribution in [-0.4, -0.2) is 70.0 Å². The molecule has 2 aliphatic heterocycles. The summed E-state index contributed by atoms with van der Waals surface area (Å²) in [5.74, 6) is 0.826. The summed E-state index contributed by atoms with van der Waals surface area (Å²) in [5.41, 5.74) is 1.10. The number of anilines is 3. The summed E-state index contributed by atoms with van der Waals surface area (Å²) in [5, 5.41) is 3.29. The molecule has 4 rings (SSSR count). The fourth-order valence-corrected chi connectivity index (χ4v) is 4.50. The second-order valence-corrected chi connectivity index (χ2v) is 8.13. The van der Waals surface area contributed by atoms with Crippen LogP contribution < -0.4 is 30.7 Å². The number of nitrogens with zero attached hydrogens (tertiary/aromatic N) is 3. The van der Waals surface area contributed by atoms with E-state index < -0.39 is 10.9 Å². The first-order valence-electron chi connectivity index (χ1n) is 11.2. The Balaban J connectivity index is 1.37. The third-order valence-electron chi connectivity index (χ3n) is 6.28. The number of piperazine rings is 1. The van der Waals surface area contributed by atoms with E-state index >= 15 is 0 Å². The molecule has 1 amide bonds. The Labute approximate surface area is 187 Å². The maximum Gasteiger partial charge on any atom is 0.409 e. The van der Waals surface area contributed by atoms with Crippen LogP contribution in [0, 0.1) is 0 Å². The molecular formula is C23H30N4O5. The fraction of sp³-hybridized carbons (Fsp3) is 0.522. The van der Waals surface area contributed by atoms with Crippen molar-refractivity contribution in [1.29, 1.82) is 0 Å². The first-order chi connectivity index (χ1) is 15.5. The quantitative estimate of drug-likeness (QED) is 0.676. The van der Waals surface area contributed by atoms with Crippen molar-refractivity contribution in [2.45, 2.75) is 25.8 Å². The number of carbonyl (C=O) groups excluding carboxylic acids is 1. The number of likely N-dealkylation sites (tertiary alicyclic amines) is 1. The van der Waals surface area contributed by atoms with Gasteiger partial charge < -0.3 is 29.5 Å². The molecule has 2 heterocycles. The minimum Gasteiger partial charge on any atom is -0.495 e. The van der Waals surface area contributed by atoms with Gasteiger partial charge in [0.1, 0.15) is 17.1 Å². The molecule has 0 radical (unpaired) electrons. The number of piperidine rings is 1. The first-order valence-corrected chi connectivity index (χ1v) is 11.2. The second kappa shape index (κ2) is 9.50. The Hall–Kier alpha value is -3.23. The minimum absolute atomic E-state index is 0.0533. The predicted molar refractivity (Wildman–Crippen MR) is 124 cm³/mol. The second-order valence-electron chi connectivity index (χ2n) is 8.13. The van der Waals surface area contributed by atoms with Gasteiger partial charge in [-0.25, -0.2) is 4.79 Å². The molecule has 0 spiro atoms. The standard InChI is InChI=1S/C23H30N4O5/c1-3-32-23(30)27-10-8-16(9-11-27)24-19-20(22(29)21(19)28)26-14-12-25(13-15-26)17-6-4-5-7-18(17)31-2/h4-7,16,24H,3,8-15H2,1-2H3. The van der Waals surface area contributed by atoms with Crippen LogP contribution >= 0.6 is 0 Å². The van der Waals surface area contributed by atoms with Gasteiger partial charge in [-0.15, -0.1) is 0 Å². The highest BCUT2D eigenvalue weighted by atomic mass is 16.6. The number of hydrogen-bond donors (Lipinski definition) is 1. The van der Waals surface area contributed by atoms with E-state index in [2.05, 4.69) is 10.2 Å². The van der Waals surface area contributed by atoms with Crippen LogP contribution in [0.4, 0.5) is 21.9 Å². The number of ether oxygens (including phenoxy) is 2. The van der Waals surface area contributed by atoms with Crippen molar-refractivity contribution in [1.82, 2.24) is 4.90 Å². The Morgan fingerprint density at radius 3 is 2.31 bits per heavy atom. The van der Waals surface area contributed by atoms with Gasteiger partial charge in [0, 0.05) is 45.3 Å². The van der Waals surface area contributed by atoms with Gasteiger partial charge in [0.15, 0.2) is 0 Å². The van der Waals surface area contributed by atoms with Crippen molar-refractivity contribution in [3.63, 3.8) is 0 Å². The average molecular weight is 443 g/mol. The molecule has 2 aliphatic rings. The lowest BCUT2D eigenvalue weighted by Gasteiger charge is -2.39. The molecule has 32 heavy (non-hydrogen) atoms. The summed E-state index contributed by atoms with van der Waals surface area (Å²) in [6.45, 7) is 6.05. The van der Waals surface area contributed by atoms with Crippen LogP contribution in [0.5, 0.6) is 5.75 Å². The molecule has 2 fully saturated rings. The van der Waals surface area contributed by atoms with Crippen LogP contribution in [0.1, 0.15) is 19.8 Å². The lowest BCUT2D eigenvalue weighted by Crippen LogP contribution is -2.52. The van der Waals surface area contributed by atoms with Crippen molar-refractivity contribution >= 4 is 23.2 Å². The number of hydrogen-bond acceptors (Lipinski definition) is 8. The largest absolute Gasteiger partial charge is 0.495 e. The van der Waals surface area contributed by atoms with Gasteiger partial charge in [-0.3, -0.25) is 9.59 Å². The molecule has 0 aliphatic carbocycles. The maximum absolute atomic E-state index is 12.4. The van der Waals surface area contributed by atoms with Gasteiger partial charge in [0.25, 0.3) is 10.9 Å². The molecule has 0 saturated carbocycles. The van der Waals surface area contributed by atoms with Crippen molar-refractivity contribution in [2.24, 2.45) is 0 Å². The zero-order valence-corrected chi connectivity index (χ0v) is 18.6. The van der Waals surface area contributed by atoms with E-state index in [9.17, 15) is 14.4 Å². The van der Waals surface area contributed by atoms with E-state index in [0.717, 1.165) is 24.5 Å². The van der Waals surface area contributed by atoms with Crippen molar-refractivity contribution in [3.8, 4) is 5.75 Å². The molecule has 9 nitrogen and oxygen atoms in total. The number of benzene rings is 1. The number of nitrogens with one attached hydrogen (secondary N) is 1. The monoisotopic (exact) mass is 442 g/mol. The lowest BCUT2D eigenvalue weighted by atomic mass is 10.0. The number of para-hydroxylation sites is 2. The molecule has 2 aromatic carbocycles. The molecule has 0 atom stereocenters. The van der Waals surface area contributed by atoms with Crippen molar-refractivity contribution in [2.75, 3.05) is 68.1 Å². The number of carbonyl (C=O) groups is 1. The van der Waals surface area contributed by atoms with Crippen molar-refractivity contribution < 1.29 is 14.3 Å². The molecular weight excluding hydrogens is 412 g/mol. The maximum atomic E-state index is 12.4. The zero-order chi connectivity index (χ0) is 22.7. The van der Waals surface area contributed by atoms with Crippen LogP contribution in [-0.2, 0) is 4.74 Å². The summed E-state index contributed by atoms with van der Waals surface area (Å²) < 4.78 is 10.5. The third kappa shape index (κ3) is 4.24. The van der Waals surface area contributed by atoms with Gasteiger partial charge in [-0.1, -0.05) is 12.1 Å². The minimum atomic E-state index is -0.444. The SMILES string of the molecule is CCOC(=O)N1CCC(Nc2c(N3CCN(c4ccccc4OC)CC3)c(=O)c2=O)CC1. The van der Waals surface area contributed by atoms with E-state index in [1.807, 2.05) is 29.2 Å². The topological polar surface area (TPSA) is 91.4 Å². The molecule has 2 aromatic rings. The summed E-state index contributed by atoms with van der Waals surface area (Å²) in [6.07, 6.45) is 1.12. The van der Waals surface area contributed by atoms with Crippen LogP contribution in [0.2, 0.25) is 0 Å². The molecule has 1 N–H and O–H groups in total. The van der Waals surface area contributed by atoms with Gasteiger partial charge in [0.2, 0.25) is 0 Å². The van der Waals surface area contributed by atoms with Gasteiger partial charge in [-0.05, 0) is 31.9 Å². The Morgan fingerprint density at radius 2 is 1.66 bits per heavy atom. The molecule has 0 bridgehead atoms. The normalized spacial score (nSPS) is 17.5. The van der Waals surface area contributed by atoms with Gasteiger partial charge >= 0.3 is 6.09 Å². The Kier molecular flexibility index (Phi) is 6.53. The number of amides is 1. The third-order valence-corrected chi connectivity index (χ3v) is 6.28. The van der Waals surface area contributed by atoms with E-state index in [0.29, 0.717) is 57.0 Å².